The van der Waals surface area contributed by atoms with E-state index in [1.165, 1.54) is 21.4 Å². The van der Waals surface area contributed by atoms with E-state index < -0.39 is 22.8 Å². The van der Waals surface area contributed by atoms with Crippen LogP contribution in [-0.2, 0) is 25.8 Å². The van der Waals surface area contributed by atoms with E-state index in [9.17, 15) is 18.7 Å². The summed E-state index contributed by atoms with van der Waals surface area (Å²) in [6.07, 6.45) is 3.93. The second-order valence-electron chi connectivity index (χ2n) is 8.75. The van der Waals surface area contributed by atoms with E-state index in [1.807, 2.05) is 0 Å². The predicted molar refractivity (Wildman–Crippen MR) is 136 cm³/mol. The highest BCUT2D eigenvalue weighted by molar-refractivity contribution is 6.31. The number of halogens is 3. The van der Waals surface area contributed by atoms with Gasteiger partial charge in [0.15, 0.2) is 17.5 Å². The average molecular weight is 533 g/mol. The Bertz CT molecular complexity index is 1450. The van der Waals surface area contributed by atoms with E-state index >= 15 is 0 Å². The number of ether oxygens (including phenoxy) is 1. The largest absolute Gasteiger partial charge is 0.485 e. The monoisotopic (exact) mass is 532 g/mol. The molecule has 0 radical (unpaired) electrons. The molecule has 0 fully saturated rings. The van der Waals surface area contributed by atoms with E-state index in [1.54, 1.807) is 41.0 Å². The first kappa shape index (κ1) is 27.9. The maximum atomic E-state index is 13.9. The highest BCUT2D eigenvalue weighted by atomic mass is 35.5. The van der Waals surface area contributed by atoms with Gasteiger partial charge in [-0.1, -0.05) is 18.2 Å². The summed E-state index contributed by atoms with van der Waals surface area (Å²) in [7, 11) is 1.69. The van der Waals surface area contributed by atoms with Gasteiger partial charge < -0.3 is 9.84 Å². The number of aliphatic imine (C=N–C) groups is 1. The average Bonchev–Trinajstić information content (AvgIpc) is 3.19. The minimum Gasteiger partial charge on any atom is -0.485 e. The number of pyridine rings is 2. The quantitative estimate of drug-likeness (QED) is 0.328. The molecule has 9 nitrogen and oxygen atoms in total. The van der Waals surface area contributed by atoms with Crippen molar-refractivity contribution in [2.24, 2.45) is 12.0 Å². The Morgan fingerprint density at radius 1 is 1.35 bits per heavy atom. The van der Waals surface area contributed by atoms with Gasteiger partial charge in [0.25, 0.3) is 5.56 Å². The van der Waals surface area contributed by atoms with Gasteiger partial charge in [-0.05, 0) is 39.3 Å². The number of hydrogen-bond acceptors (Lipinski definition) is 7. The van der Waals surface area contributed by atoms with Gasteiger partial charge in [0, 0.05) is 31.1 Å². The molecule has 37 heavy (non-hydrogen) atoms. The lowest BCUT2D eigenvalue weighted by atomic mass is 10.1. The van der Waals surface area contributed by atoms with Crippen LogP contribution in [-0.4, -0.2) is 35.6 Å². The molecule has 0 saturated heterocycles. The molecule has 0 saturated carbocycles. The Morgan fingerprint density at radius 2 is 2.05 bits per heavy atom. The molecule has 0 unspecified atom stereocenters. The number of nitrogens with zero attached hydrogens (tertiary/aromatic N) is 6. The predicted octanol–water partition coefficient (Wildman–Crippen LogP) is 4.11. The van der Waals surface area contributed by atoms with Crippen molar-refractivity contribution in [3.63, 3.8) is 0 Å². The molecule has 12 heteroatoms. The first-order valence-corrected chi connectivity index (χ1v) is 11.5. The first-order valence-electron chi connectivity index (χ1n) is 11.1. The summed E-state index contributed by atoms with van der Waals surface area (Å²) < 4.78 is 35.3. The van der Waals surface area contributed by atoms with Gasteiger partial charge in [-0.3, -0.25) is 24.0 Å². The molecule has 1 N–H and O–H groups in total. The third-order valence-corrected chi connectivity index (χ3v) is 5.61. The molecule has 0 aliphatic carbocycles. The molecule has 3 aromatic heterocycles. The standard InChI is InChI=1S/C25H27ClF2N6O3/c1-7-19(14(2)10-29-12-21-31-24(25(4,5)36)33(6)32-21)34-15(3)8-20(22(26)23(34)35)37-13-18-17(28)9-16(27)11-30-18/h7-11,36H,1,12-13H2,2-6H3/b19-14+,29-10?. The Hall–Kier alpha value is -3.70. The molecule has 0 bridgehead atoms. The second-order valence-corrected chi connectivity index (χ2v) is 9.13. The van der Waals surface area contributed by atoms with Crippen molar-refractivity contribution in [2.45, 2.75) is 46.4 Å². The van der Waals surface area contributed by atoms with Crippen molar-refractivity contribution in [3.05, 3.63) is 86.6 Å². The number of rotatable bonds is 9. The lowest BCUT2D eigenvalue weighted by Gasteiger charge is -2.16. The van der Waals surface area contributed by atoms with Crippen LogP contribution in [0.15, 0.2) is 46.3 Å². The molecule has 0 aliphatic rings. The van der Waals surface area contributed by atoms with Gasteiger partial charge in [0.05, 0.1) is 11.9 Å². The highest BCUT2D eigenvalue weighted by Gasteiger charge is 2.23. The van der Waals surface area contributed by atoms with Crippen LogP contribution in [0.25, 0.3) is 5.70 Å². The summed E-state index contributed by atoms with van der Waals surface area (Å²) in [5.41, 5.74) is -0.324. The molecule has 3 heterocycles. The van der Waals surface area contributed by atoms with Crippen LogP contribution in [0, 0.1) is 18.6 Å². The maximum absolute atomic E-state index is 13.9. The minimum atomic E-state index is -1.15. The molecule has 3 rings (SSSR count). The third-order valence-electron chi connectivity index (χ3n) is 5.26. The van der Waals surface area contributed by atoms with Gasteiger partial charge in [-0.2, -0.15) is 5.10 Å². The number of aryl methyl sites for hydroxylation is 2. The number of allylic oxidation sites excluding steroid dienone is 3. The summed E-state index contributed by atoms with van der Waals surface area (Å²) in [4.78, 5) is 25.4. The van der Waals surface area contributed by atoms with Crippen molar-refractivity contribution in [2.75, 3.05) is 0 Å². The van der Waals surface area contributed by atoms with Crippen LogP contribution in [0.4, 0.5) is 8.78 Å². The van der Waals surface area contributed by atoms with Crippen molar-refractivity contribution in [1.29, 1.82) is 0 Å². The van der Waals surface area contributed by atoms with E-state index in [0.717, 1.165) is 6.20 Å². The molecule has 196 valence electrons. The van der Waals surface area contributed by atoms with Crippen molar-refractivity contribution in [1.82, 2.24) is 24.3 Å². The highest BCUT2D eigenvalue weighted by Crippen LogP contribution is 2.25. The fraction of sp³-hybridized carbons (Fsp3) is 0.320. The van der Waals surface area contributed by atoms with E-state index in [0.29, 0.717) is 34.7 Å². The molecule has 0 aromatic carbocycles. The fourth-order valence-electron chi connectivity index (χ4n) is 3.58. The lowest BCUT2D eigenvalue weighted by Crippen LogP contribution is -2.23. The minimum absolute atomic E-state index is 0.0320. The lowest BCUT2D eigenvalue weighted by molar-refractivity contribution is 0.0647. The van der Waals surface area contributed by atoms with Crippen molar-refractivity contribution >= 4 is 23.5 Å². The normalized spacial score (nSPS) is 12.7. The van der Waals surface area contributed by atoms with Gasteiger partial charge in [-0.25, -0.2) is 13.8 Å². The van der Waals surface area contributed by atoms with Gasteiger partial charge in [0.2, 0.25) is 0 Å². The summed E-state index contributed by atoms with van der Waals surface area (Å²) in [6, 6.07) is 2.22. The third kappa shape index (κ3) is 6.36. The first-order chi connectivity index (χ1) is 17.3. The van der Waals surface area contributed by atoms with E-state index in [-0.39, 0.29) is 29.6 Å². The number of hydrogen-bond donors (Lipinski definition) is 1. The molecule has 0 spiro atoms. The zero-order chi connectivity index (χ0) is 27.5. The van der Waals surface area contributed by atoms with Crippen LogP contribution in [0.1, 0.15) is 43.8 Å². The fourth-order valence-corrected chi connectivity index (χ4v) is 3.77. The Kier molecular flexibility index (Phi) is 8.39. The second kappa shape index (κ2) is 11.1. The Labute approximate surface area is 217 Å². The van der Waals surface area contributed by atoms with E-state index in [2.05, 4.69) is 26.6 Å². The zero-order valence-electron chi connectivity index (χ0n) is 21.1. The van der Waals surface area contributed by atoms with Crippen LogP contribution in [0.2, 0.25) is 5.02 Å². The zero-order valence-corrected chi connectivity index (χ0v) is 21.8. The van der Waals surface area contributed by atoms with Crippen molar-refractivity contribution in [3.8, 4) is 5.75 Å². The van der Waals surface area contributed by atoms with Crippen LogP contribution in [0.3, 0.4) is 0 Å². The van der Waals surface area contributed by atoms with Gasteiger partial charge in [0.1, 0.15) is 41.0 Å². The molecule has 3 aromatic rings. The SMILES string of the molecule is C=C/C(=C(/C)C=NCc1nc(C(C)(C)O)n(C)n1)n1c(C)cc(OCc2ncc(F)cc2F)c(Cl)c1=O. The number of aromatic nitrogens is 5. The number of aliphatic hydroxyl groups is 1. The van der Waals surface area contributed by atoms with Gasteiger partial charge >= 0.3 is 0 Å². The van der Waals surface area contributed by atoms with Crippen LogP contribution < -0.4 is 10.3 Å². The summed E-state index contributed by atoms with van der Waals surface area (Å²) >= 11 is 6.28. The van der Waals surface area contributed by atoms with Gasteiger partial charge in [-0.15, -0.1) is 0 Å². The summed E-state index contributed by atoms with van der Waals surface area (Å²) in [5.74, 6) is -0.812. The Morgan fingerprint density at radius 3 is 2.65 bits per heavy atom. The molecule has 0 amide bonds. The topological polar surface area (TPSA) is 107 Å². The Balaban J connectivity index is 1.85. The van der Waals surface area contributed by atoms with Crippen LogP contribution in [0.5, 0.6) is 5.75 Å². The van der Waals surface area contributed by atoms with E-state index in [4.69, 9.17) is 16.3 Å². The van der Waals surface area contributed by atoms with Crippen LogP contribution >= 0.6 is 11.6 Å². The molecule has 0 atom stereocenters. The summed E-state index contributed by atoms with van der Waals surface area (Å²) in [6.45, 7) is 10.3. The smallest absolute Gasteiger partial charge is 0.277 e. The molecular weight excluding hydrogens is 506 g/mol. The summed E-state index contributed by atoms with van der Waals surface area (Å²) in [5, 5.41) is 14.2. The molecular formula is C25H27ClF2N6O3. The maximum Gasteiger partial charge on any atom is 0.277 e. The van der Waals surface area contributed by atoms with Crippen molar-refractivity contribution < 1.29 is 18.6 Å². The molecule has 0 aliphatic heterocycles.